The average Bonchev–Trinajstić information content (AvgIpc) is 2.69. The lowest BCUT2D eigenvalue weighted by Gasteiger charge is -2.24. The lowest BCUT2D eigenvalue weighted by molar-refractivity contribution is -0.128. The monoisotopic (exact) mass is 365 g/mol. The maximum atomic E-state index is 12.7. The van der Waals surface area contributed by atoms with Crippen LogP contribution in [0.1, 0.15) is 67.0 Å². The highest BCUT2D eigenvalue weighted by molar-refractivity contribution is 5.81. The van der Waals surface area contributed by atoms with Crippen LogP contribution in [0.25, 0.3) is 0 Å². The number of carbonyl (C=O) groups is 1. The molecule has 1 N–H and O–H groups in total. The smallest absolute Gasteiger partial charge is 0.261 e. The van der Waals surface area contributed by atoms with Crippen molar-refractivity contribution in [2.75, 3.05) is 0 Å². The number of hydrogen-bond acceptors (Lipinski definition) is 2. The number of fused-ring (bicyclic) bond motifs is 1. The molecule has 3 heteroatoms. The molecule has 0 unspecified atom stereocenters. The molecule has 144 valence electrons. The summed E-state index contributed by atoms with van der Waals surface area (Å²) < 4.78 is 5.95. The molecule has 1 amide bonds. The standard InChI is InChI=1S/C24H31NO2/c1-5-22(21-14-13-19-10-6-7-11-20(19)15-21)25-24(26)18(4)27-23-12-8-9-16(2)17(23)3/h8-9,12-15,18,22H,5-7,10-11H2,1-4H3,(H,25,26)/t18-,22-/m1/s1. The van der Waals surface area contributed by atoms with Gasteiger partial charge in [-0.2, -0.15) is 0 Å². The number of benzene rings is 2. The van der Waals surface area contributed by atoms with Crippen LogP contribution in [0.4, 0.5) is 0 Å². The molecular weight excluding hydrogens is 334 g/mol. The number of nitrogens with one attached hydrogen (secondary N) is 1. The summed E-state index contributed by atoms with van der Waals surface area (Å²) in [5, 5.41) is 3.18. The normalized spacial score (nSPS) is 15.6. The van der Waals surface area contributed by atoms with Gasteiger partial charge in [-0.1, -0.05) is 37.3 Å². The summed E-state index contributed by atoms with van der Waals surface area (Å²) in [7, 11) is 0. The molecule has 2 atom stereocenters. The second-order valence-electron chi connectivity index (χ2n) is 7.66. The quantitative estimate of drug-likeness (QED) is 0.762. The van der Waals surface area contributed by atoms with Crippen LogP contribution in [0.3, 0.4) is 0 Å². The zero-order valence-corrected chi connectivity index (χ0v) is 17.0. The van der Waals surface area contributed by atoms with E-state index in [1.165, 1.54) is 41.5 Å². The predicted octanol–water partition coefficient (Wildman–Crippen LogP) is 5.22. The number of amides is 1. The molecule has 3 rings (SSSR count). The van der Waals surface area contributed by atoms with Crippen molar-refractivity contribution >= 4 is 5.91 Å². The molecule has 27 heavy (non-hydrogen) atoms. The SMILES string of the molecule is CC[C@@H](NC(=O)[C@@H](C)Oc1cccc(C)c1C)c1ccc2c(c1)CCCC2. The largest absolute Gasteiger partial charge is 0.481 e. The van der Waals surface area contributed by atoms with Crippen molar-refractivity contribution in [3.8, 4) is 5.75 Å². The van der Waals surface area contributed by atoms with Crippen LogP contribution in [0.2, 0.25) is 0 Å². The first-order valence-electron chi connectivity index (χ1n) is 10.1. The van der Waals surface area contributed by atoms with Crippen LogP contribution in [0.5, 0.6) is 5.75 Å². The van der Waals surface area contributed by atoms with Crippen LogP contribution in [-0.4, -0.2) is 12.0 Å². The molecule has 0 heterocycles. The van der Waals surface area contributed by atoms with E-state index >= 15 is 0 Å². The highest BCUT2D eigenvalue weighted by Crippen LogP contribution is 2.26. The van der Waals surface area contributed by atoms with Gasteiger partial charge >= 0.3 is 0 Å². The molecule has 0 saturated carbocycles. The maximum absolute atomic E-state index is 12.7. The predicted molar refractivity (Wildman–Crippen MR) is 110 cm³/mol. The Balaban J connectivity index is 1.68. The Morgan fingerprint density at radius 2 is 1.85 bits per heavy atom. The van der Waals surface area contributed by atoms with Gasteiger partial charge in [-0.3, -0.25) is 4.79 Å². The van der Waals surface area contributed by atoms with E-state index in [9.17, 15) is 4.79 Å². The number of aryl methyl sites for hydroxylation is 3. The van der Waals surface area contributed by atoms with Gasteiger partial charge in [0, 0.05) is 0 Å². The van der Waals surface area contributed by atoms with Gasteiger partial charge in [-0.15, -0.1) is 0 Å². The second kappa shape index (κ2) is 8.60. The maximum Gasteiger partial charge on any atom is 0.261 e. The Labute approximate surface area is 163 Å². The highest BCUT2D eigenvalue weighted by Gasteiger charge is 2.21. The van der Waals surface area contributed by atoms with Gasteiger partial charge in [0.1, 0.15) is 5.75 Å². The van der Waals surface area contributed by atoms with Crippen molar-refractivity contribution in [3.05, 3.63) is 64.2 Å². The van der Waals surface area contributed by atoms with Crippen molar-refractivity contribution in [1.29, 1.82) is 0 Å². The van der Waals surface area contributed by atoms with Crippen molar-refractivity contribution in [2.45, 2.75) is 71.9 Å². The fraction of sp³-hybridized carbons (Fsp3) is 0.458. The van der Waals surface area contributed by atoms with E-state index in [0.717, 1.165) is 24.2 Å². The van der Waals surface area contributed by atoms with Gasteiger partial charge in [-0.05, 0) is 86.8 Å². The molecule has 0 spiro atoms. The topological polar surface area (TPSA) is 38.3 Å². The first-order chi connectivity index (χ1) is 13.0. The fourth-order valence-electron chi connectivity index (χ4n) is 3.78. The molecule has 2 aromatic carbocycles. The van der Waals surface area contributed by atoms with E-state index in [1.54, 1.807) is 0 Å². The van der Waals surface area contributed by atoms with Gasteiger partial charge in [0.15, 0.2) is 6.10 Å². The molecule has 0 aliphatic heterocycles. The van der Waals surface area contributed by atoms with Crippen LogP contribution in [0, 0.1) is 13.8 Å². The van der Waals surface area contributed by atoms with E-state index in [2.05, 4.69) is 43.4 Å². The number of hydrogen-bond donors (Lipinski definition) is 1. The molecular formula is C24H31NO2. The first kappa shape index (κ1) is 19.5. The van der Waals surface area contributed by atoms with Gasteiger partial charge in [0.2, 0.25) is 0 Å². The number of carbonyl (C=O) groups excluding carboxylic acids is 1. The summed E-state index contributed by atoms with van der Waals surface area (Å²) in [5.41, 5.74) is 6.37. The lowest BCUT2D eigenvalue weighted by atomic mass is 9.89. The summed E-state index contributed by atoms with van der Waals surface area (Å²) in [6.07, 6.45) is 5.21. The van der Waals surface area contributed by atoms with Gasteiger partial charge < -0.3 is 10.1 Å². The Morgan fingerprint density at radius 1 is 1.11 bits per heavy atom. The zero-order chi connectivity index (χ0) is 19.4. The molecule has 0 radical (unpaired) electrons. The van der Waals surface area contributed by atoms with E-state index in [-0.39, 0.29) is 11.9 Å². The molecule has 0 fully saturated rings. The average molecular weight is 366 g/mol. The summed E-state index contributed by atoms with van der Waals surface area (Å²) in [4.78, 5) is 12.7. The number of rotatable bonds is 6. The summed E-state index contributed by atoms with van der Waals surface area (Å²) in [6, 6.07) is 12.7. The van der Waals surface area contributed by atoms with Gasteiger partial charge in [0.05, 0.1) is 6.04 Å². The van der Waals surface area contributed by atoms with E-state index in [1.807, 2.05) is 26.0 Å². The first-order valence-corrected chi connectivity index (χ1v) is 10.1. The molecule has 0 aromatic heterocycles. The third-order valence-corrected chi connectivity index (χ3v) is 5.73. The Bertz CT molecular complexity index is 812. The van der Waals surface area contributed by atoms with Crippen molar-refractivity contribution in [3.63, 3.8) is 0 Å². The molecule has 2 aromatic rings. The van der Waals surface area contributed by atoms with Crippen molar-refractivity contribution in [2.24, 2.45) is 0 Å². The zero-order valence-electron chi connectivity index (χ0n) is 17.0. The third-order valence-electron chi connectivity index (χ3n) is 5.73. The number of ether oxygens (including phenoxy) is 1. The minimum absolute atomic E-state index is 0.0226. The Kier molecular flexibility index (Phi) is 6.20. The van der Waals surface area contributed by atoms with Gasteiger partial charge in [-0.25, -0.2) is 0 Å². The summed E-state index contributed by atoms with van der Waals surface area (Å²) in [6.45, 7) is 8.00. The minimum Gasteiger partial charge on any atom is -0.481 e. The molecule has 3 nitrogen and oxygen atoms in total. The van der Waals surface area contributed by atoms with Crippen molar-refractivity contribution < 1.29 is 9.53 Å². The lowest BCUT2D eigenvalue weighted by Crippen LogP contribution is -2.38. The van der Waals surface area contributed by atoms with E-state index in [0.29, 0.717) is 0 Å². The Morgan fingerprint density at radius 3 is 2.59 bits per heavy atom. The van der Waals surface area contributed by atoms with Gasteiger partial charge in [0.25, 0.3) is 5.91 Å². The van der Waals surface area contributed by atoms with E-state index in [4.69, 9.17) is 4.74 Å². The summed E-state index contributed by atoms with van der Waals surface area (Å²) in [5.74, 6) is 0.708. The van der Waals surface area contributed by atoms with Crippen LogP contribution < -0.4 is 10.1 Å². The van der Waals surface area contributed by atoms with Crippen LogP contribution >= 0.6 is 0 Å². The third kappa shape index (κ3) is 4.52. The molecule has 0 saturated heterocycles. The second-order valence-corrected chi connectivity index (χ2v) is 7.66. The Hall–Kier alpha value is -2.29. The van der Waals surface area contributed by atoms with Crippen LogP contribution in [-0.2, 0) is 17.6 Å². The fourth-order valence-corrected chi connectivity index (χ4v) is 3.78. The molecule has 1 aliphatic carbocycles. The van der Waals surface area contributed by atoms with E-state index < -0.39 is 6.10 Å². The minimum atomic E-state index is -0.530. The van der Waals surface area contributed by atoms with Crippen molar-refractivity contribution in [1.82, 2.24) is 5.32 Å². The molecule has 1 aliphatic rings. The molecule has 0 bridgehead atoms. The summed E-state index contributed by atoms with van der Waals surface area (Å²) >= 11 is 0. The highest BCUT2D eigenvalue weighted by atomic mass is 16.5. The van der Waals surface area contributed by atoms with Crippen LogP contribution in [0.15, 0.2) is 36.4 Å².